The van der Waals surface area contributed by atoms with Gasteiger partial charge in [-0.2, -0.15) is 13.2 Å². The molecule has 0 unspecified atom stereocenters. The molecule has 0 spiro atoms. The maximum atomic E-state index is 13.9. The number of hydrogen-bond acceptors (Lipinski definition) is 6. The molecular formula is C27H26F3N3O4S2. The van der Waals surface area contributed by atoms with Gasteiger partial charge >= 0.3 is 6.18 Å². The maximum absolute atomic E-state index is 13.9. The van der Waals surface area contributed by atoms with E-state index in [0.29, 0.717) is 5.69 Å². The van der Waals surface area contributed by atoms with Crippen LogP contribution in [0.1, 0.15) is 42.3 Å². The second-order valence-corrected chi connectivity index (χ2v) is 12.5. The van der Waals surface area contributed by atoms with Gasteiger partial charge in [-0.15, -0.1) is 11.3 Å². The van der Waals surface area contributed by atoms with Crippen molar-refractivity contribution in [1.82, 2.24) is 14.3 Å². The molecule has 0 radical (unpaired) electrons. The van der Waals surface area contributed by atoms with E-state index in [-0.39, 0.29) is 51.9 Å². The number of rotatable bonds is 9. The van der Waals surface area contributed by atoms with Crippen LogP contribution < -0.4 is 10.1 Å². The minimum absolute atomic E-state index is 0.0108. The summed E-state index contributed by atoms with van der Waals surface area (Å²) in [6.45, 7) is 3.47. The molecule has 1 aliphatic carbocycles. The lowest BCUT2D eigenvalue weighted by molar-refractivity contribution is -0.127. The zero-order valence-electron chi connectivity index (χ0n) is 21.2. The molecular weight excluding hydrogens is 551 g/mol. The summed E-state index contributed by atoms with van der Waals surface area (Å²) >= 11 is 1.32. The van der Waals surface area contributed by atoms with E-state index < -0.39 is 28.0 Å². The fraction of sp³-hybridized carbons (Fsp3) is 0.333. The van der Waals surface area contributed by atoms with E-state index in [2.05, 4.69) is 10.3 Å². The predicted octanol–water partition coefficient (Wildman–Crippen LogP) is 5.74. The van der Waals surface area contributed by atoms with Crippen molar-refractivity contribution in [1.29, 1.82) is 0 Å². The van der Waals surface area contributed by atoms with Gasteiger partial charge in [-0.05, 0) is 44.0 Å². The summed E-state index contributed by atoms with van der Waals surface area (Å²) in [7, 11) is -4.18. The van der Waals surface area contributed by atoms with Crippen molar-refractivity contribution in [3.63, 3.8) is 0 Å². The number of benzene rings is 2. The first kappa shape index (κ1) is 27.2. The highest BCUT2D eigenvalue weighted by molar-refractivity contribution is 7.90. The van der Waals surface area contributed by atoms with Crippen LogP contribution in [0.5, 0.6) is 5.75 Å². The number of hydrogen-bond donors (Lipinski definition) is 1. The molecule has 4 aromatic rings. The average Bonchev–Trinajstić information content (AvgIpc) is 3.25. The lowest BCUT2D eigenvalue weighted by Gasteiger charge is -2.16. The number of aryl methyl sites for hydroxylation is 1. The molecule has 0 bridgehead atoms. The van der Waals surface area contributed by atoms with Gasteiger partial charge in [-0.1, -0.05) is 24.6 Å². The third-order valence-corrected chi connectivity index (χ3v) is 9.21. The molecule has 0 atom stereocenters. The summed E-state index contributed by atoms with van der Waals surface area (Å²) in [5, 5.41) is 4.80. The molecule has 1 aliphatic rings. The molecule has 1 amide bonds. The Morgan fingerprint density at radius 2 is 1.90 bits per heavy atom. The number of fused-ring (bicyclic) bond motifs is 1. The monoisotopic (exact) mass is 577 g/mol. The number of nitrogens with zero attached hydrogens (tertiary/aromatic N) is 2. The molecule has 1 saturated carbocycles. The first-order valence-corrected chi connectivity index (χ1v) is 14.6. The molecule has 7 nitrogen and oxygen atoms in total. The van der Waals surface area contributed by atoms with Crippen LogP contribution >= 0.6 is 11.3 Å². The Kier molecular flexibility index (Phi) is 6.96. The van der Waals surface area contributed by atoms with E-state index in [1.807, 2.05) is 13.8 Å². The molecule has 2 aromatic carbocycles. The lowest BCUT2D eigenvalue weighted by Crippen LogP contribution is -2.31. The number of alkyl halides is 3. The Bertz CT molecular complexity index is 1620. The SMILES string of the molecule is Cc1ccc(S(=O)(=O)n2c(CNC(=O)C3(C)CC3)cc3cc(CC(F)(F)F)c(OCc4cscn4)cc32)cc1. The van der Waals surface area contributed by atoms with Crippen LogP contribution in [0.25, 0.3) is 10.9 Å². The molecule has 0 saturated heterocycles. The standard InChI is InChI=1S/C27H26F3N3O4S2/c1-17-3-5-22(6-4-17)39(35,36)33-21(13-31-25(34)26(2)7-8-26)10-18-9-19(12-27(28,29)30)24(11-23(18)33)37-14-20-15-38-16-32-20/h3-6,9-11,15-16H,7-8,12-14H2,1-2H3,(H,31,34). The number of aromatic nitrogens is 2. The molecule has 1 N–H and O–H groups in total. The van der Waals surface area contributed by atoms with Gasteiger partial charge in [0.05, 0.1) is 40.3 Å². The van der Waals surface area contributed by atoms with Gasteiger partial charge < -0.3 is 10.1 Å². The van der Waals surface area contributed by atoms with Crippen molar-refractivity contribution in [3.05, 3.63) is 75.9 Å². The number of thiazole rings is 1. The van der Waals surface area contributed by atoms with E-state index in [1.165, 1.54) is 41.7 Å². The highest BCUT2D eigenvalue weighted by atomic mass is 32.2. The maximum Gasteiger partial charge on any atom is 0.393 e. The van der Waals surface area contributed by atoms with Crippen molar-refractivity contribution in [2.75, 3.05) is 0 Å². The molecule has 12 heteroatoms. The number of halogens is 3. The van der Waals surface area contributed by atoms with Gasteiger partial charge in [0, 0.05) is 27.8 Å². The Labute approximate surface area is 227 Å². The largest absolute Gasteiger partial charge is 0.487 e. The van der Waals surface area contributed by atoms with E-state index in [0.717, 1.165) is 22.4 Å². The summed E-state index contributed by atoms with van der Waals surface area (Å²) in [4.78, 5) is 16.7. The number of amides is 1. The summed E-state index contributed by atoms with van der Waals surface area (Å²) < 4.78 is 75.0. The minimum atomic E-state index is -4.51. The van der Waals surface area contributed by atoms with Crippen molar-refractivity contribution in [3.8, 4) is 5.75 Å². The molecule has 39 heavy (non-hydrogen) atoms. The van der Waals surface area contributed by atoms with Gasteiger partial charge in [0.25, 0.3) is 10.0 Å². The van der Waals surface area contributed by atoms with Gasteiger partial charge in [0.15, 0.2) is 0 Å². The average molecular weight is 578 g/mol. The van der Waals surface area contributed by atoms with Gasteiger partial charge in [-0.3, -0.25) is 4.79 Å². The van der Waals surface area contributed by atoms with E-state index in [1.54, 1.807) is 23.0 Å². The van der Waals surface area contributed by atoms with Crippen LogP contribution in [-0.4, -0.2) is 29.5 Å². The zero-order valence-corrected chi connectivity index (χ0v) is 22.8. The van der Waals surface area contributed by atoms with Crippen LogP contribution in [0.15, 0.2) is 58.3 Å². The lowest BCUT2D eigenvalue weighted by atomic mass is 10.1. The van der Waals surface area contributed by atoms with Crippen molar-refractivity contribution in [2.45, 2.75) is 57.3 Å². The molecule has 206 valence electrons. The normalized spacial score (nSPS) is 14.9. The summed E-state index contributed by atoms with van der Waals surface area (Å²) in [6, 6.07) is 10.4. The third kappa shape index (κ3) is 5.81. The van der Waals surface area contributed by atoms with E-state index in [4.69, 9.17) is 4.74 Å². The molecule has 2 heterocycles. The van der Waals surface area contributed by atoms with Crippen LogP contribution in [0.3, 0.4) is 0 Å². The molecule has 2 aromatic heterocycles. The smallest absolute Gasteiger partial charge is 0.393 e. The van der Waals surface area contributed by atoms with Crippen LogP contribution in [0.4, 0.5) is 13.2 Å². The second kappa shape index (κ2) is 9.98. The van der Waals surface area contributed by atoms with Crippen molar-refractivity contribution < 1.29 is 31.1 Å². The Morgan fingerprint density at radius 3 is 2.51 bits per heavy atom. The third-order valence-electron chi connectivity index (χ3n) is 6.80. The molecule has 5 rings (SSSR count). The number of carbonyl (C=O) groups excluding carboxylic acids is 1. The Morgan fingerprint density at radius 1 is 1.18 bits per heavy atom. The zero-order chi connectivity index (χ0) is 28.0. The van der Waals surface area contributed by atoms with Gasteiger partial charge in [0.2, 0.25) is 5.91 Å². The molecule has 1 fully saturated rings. The number of carbonyl (C=O) groups is 1. The number of nitrogens with one attached hydrogen (secondary N) is 1. The number of ether oxygens (including phenoxy) is 1. The van der Waals surface area contributed by atoms with Crippen molar-refractivity contribution >= 4 is 38.2 Å². The van der Waals surface area contributed by atoms with Crippen LogP contribution in [-0.2, 0) is 34.4 Å². The quantitative estimate of drug-likeness (QED) is 0.274. The van der Waals surface area contributed by atoms with Crippen LogP contribution in [0, 0.1) is 12.3 Å². The second-order valence-electron chi connectivity index (χ2n) is 10.0. The highest BCUT2D eigenvalue weighted by Crippen LogP contribution is 2.45. The summed E-state index contributed by atoms with van der Waals surface area (Å²) in [6.07, 6.45) is -4.29. The minimum Gasteiger partial charge on any atom is -0.487 e. The topological polar surface area (TPSA) is 90.3 Å². The van der Waals surface area contributed by atoms with Gasteiger partial charge in [-0.25, -0.2) is 17.4 Å². The Hall–Kier alpha value is -3.38. The highest BCUT2D eigenvalue weighted by Gasteiger charge is 2.44. The van der Waals surface area contributed by atoms with E-state index >= 15 is 0 Å². The van der Waals surface area contributed by atoms with Gasteiger partial charge in [0.1, 0.15) is 12.4 Å². The van der Waals surface area contributed by atoms with Crippen molar-refractivity contribution in [2.24, 2.45) is 5.41 Å². The fourth-order valence-electron chi connectivity index (χ4n) is 4.29. The summed E-state index contributed by atoms with van der Waals surface area (Å²) in [5.41, 5.74) is 2.75. The predicted molar refractivity (Wildman–Crippen MR) is 141 cm³/mol. The van der Waals surface area contributed by atoms with Crippen LogP contribution in [0.2, 0.25) is 0 Å². The van der Waals surface area contributed by atoms with E-state index in [9.17, 15) is 26.4 Å². The summed E-state index contributed by atoms with van der Waals surface area (Å²) in [5.74, 6) is -0.288. The first-order chi connectivity index (χ1) is 18.4. The fourth-order valence-corrected chi connectivity index (χ4v) is 6.36. The molecule has 0 aliphatic heterocycles. The first-order valence-electron chi connectivity index (χ1n) is 12.2. The Balaban J connectivity index is 1.64.